The Kier molecular flexibility index (Phi) is 6.50. The number of nitrogens with zero attached hydrogens (tertiary/aromatic N) is 2. The fourth-order valence-electron chi connectivity index (χ4n) is 3.73. The van der Waals surface area contributed by atoms with E-state index in [4.69, 9.17) is 4.74 Å². The van der Waals surface area contributed by atoms with E-state index >= 15 is 0 Å². The molecule has 0 radical (unpaired) electrons. The van der Waals surface area contributed by atoms with Crippen LogP contribution in [0.15, 0.2) is 24.3 Å². The SMILES string of the molecule is CCN(CC)CCNC(=O)C1CCc2[nH]nc(-c3ccc(OC)cc3)c2C1. The normalized spacial score (nSPS) is 16.2. The number of methoxy groups -OCH3 is 1. The van der Waals surface area contributed by atoms with Gasteiger partial charge in [-0.3, -0.25) is 9.89 Å². The average Bonchev–Trinajstić information content (AvgIpc) is 3.14. The third-order valence-corrected chi connectivity index (χ3v) is 5.50. The predicted octanol–water partition coefficient (Wildman–Crippen LogP) is 2.65. The molecule has 1 unspecified atom stereocenters. The van der Waals surface area contributed by atoms with Crippen molar-refractivity contribution in [2.75, 3.05) is 33.3 Å². The zero-order chi connectivity index (χ0) is 19.2. The van der Waals surface area contributed by atoms with Crippen molar-refractivity contribution < 1.29 is 9.53 Å². The van der Waals surface area contributed by atoms with E-state index in [0.717, 1.165) is 61.6 Å². The van der Waals surface area contributed by atoms with E-state index in [1.807, 2.05) is 24.3 Å². The minimum atomic E-state index is 0.0174. The molecule has 1 aliphatic carbocycles. The molecule has 1 amide bonds. The van der Waals surface area contributed by atoms with Gasteiger partial charge in [-0.2, -0.15) is 5.10 Å². The third-order valence-electron chi connectivity index (χ3n) is 5.50. The van der Waals surface area contributed by atoms with Gasteiger partial charge in [0.25, 0.3) is 0 Å². The summed E-state index contributed by atoms with van der Waals surface area (Å²) in [6.07, 6.45) is 2.48. The second kappa shape index (κ2) is 9.04. The van der Waals surface area contributed by atoms with Gasteiger partial charge < -0.3 is 15.0 Å². The van der Waals surface area contributed by atoms with Crippen molar-refractivity contribution >= 4 is 5.91 Å². The van der Waals surface area contributed by atoms with Crippen LogP contribution < -0.4 is 10.1 Å². The van der Waals surface area contributed by atoms with E-state index in [-0.39, 0.29) is 11.8 Å². The molecule has 3 rings (SSSR count). The van der Waals surface area contributed by atoms with E-state index in [1.165, 1.54) is 5.56 Å². The third kappa shape index (κ3) is 4.50. The number of ether oxygens (including phenoxy) is 1. The number of hydrogen-bond acceptors (Lipinski definition) is 4. The zero-order valence-corrected chi connectivity index (χ0v) is 16.5. The van der Waals surface area contributed by atoms with Crippen molar-refractivity contribution in [3.63, 3.8) is 0 Å². The van der Waals surface area contributed by atoms with Crippen molar-refractivity contribution in [1.82, 2.24) is 20.4 Å². The Bertz CT molecular complexity index is 750. The molecular weight excluding hydrogens is 340 g/mol. The smallest absolute Gasteiger partial charge is 0.223 e. The summed E-state index contributed by atoms with van der Waals surface area (Å²) in [7, 11) is 1.66. The van der Waals surface area contributed by atoms with Gasteiger partial charge in [0.2, 0.25) is 5.91 Å². The van der Waals surface area contributed by atoms with E-state index in [2.05, 4.69) is 34.3 Å². The van der Waals surface area contributed by atoms with Crippen molar-refractivity contribution in [3.8, 4) is 17.0 Å². The van der Waals surface area contributed by atoms with Crippen LogP contribution in [-0.4, -0.2) is 54.3 Å². The second-order valence-electron chi connectivity index (χ2n) is 7.02. The van der Waals surface area contributed by atoms with E-state index in [1.54, 1.807) is 7.11 Å². The summed E-state index contributed by atoms with van der Waals surface area (Å²) in [5.74, 6) is 1.01. The fraction of sp³-hybridized carbons (Fsp3) is 0.524. The minimum absolute atomic E-state index is 0.0174. The molecule has 2 aromatic rings. The Balaban J connectivity index is 1.65. The predicted molar refractivity (Wildman–Crippen MR) is 107 cm³/mol. The van der Waals surface area contributed by atoms with Gasteiger partial charge in [0.05, 0.1) is 12.8 Å². The first-order valence-corrected chi connectivity index (χ1v) is 9.86. The molecule has 0 fully saturated rings. The molecule has 2 N–H and O–H groups in total. The molecule has 6 nitrogen and oxygen atoms in total. The van der Waals surface area contributed by atoms with Gasteiger partial charge >= 0.3 is 0 Å². The second-order valence-corrected chi connectivity index (χ2v) is 7.02. The van der Waals surface area contributed by atoms with Crippen LogP contribution in [0, 0.1) is 5.92 Å². The number of aromatic amines is 1. The van der Waals surface area contributed by atoms with Crippen LogP contribution in [0.4, 0.5) is 0 Å². The van der Waals surface area contributed by atoms with Gasteiger partial charge in [0.1, 0.15) is 5.75 Å². The molecular formula is C21H30N4O2. The van der Waals surface area contributed by atoms with Crippen LogP contribution in [0.1, 0.15) is 31.5 Å². The average molecular weight is 370 g/mol. The first-order valence-electron chi connectivity index (χ1n) is 9.86. The van der Waals surface area contributed by atoms with Gasteiger partial charge in [-0.05, 0) is 56.6 Å². The number of benzene rings is 1. The van der Waals surface area contributed by atoms with Gasteiger partial charge in [0.15, 0.2) is 0 Å². The van der Waals surface area contributed by atoms with E-state index < -0.39 is 0 Å². The number of rotatable bonds is 8. The highest BCUT2D eigenvalue weighted by atomic mass is 16.5. The molecule has 27 heavy (non-hydrogen) atoms. The Labute approximate surface area is 161 Å². The van der Waals surface area contributed by atoms with Crippen LogP contribution in [0.2, 0.25) is 0 Å². The molecule has 0 bridgehead atoms. The maximum Gasteiger partial charge on any atom is 0.223 e. The highest BCUT2D eigenvalue weighted by Crippen LogP contribution is 2.32. The molecule has 0 spiro atoms. The number of hydrogen-bond donors (Lipinski definition) is 2. The van der Waals surface area contributed by atoms with Gasteiger partial charge in [-0.1, -0.05) is 13.8 Å². The summed E-state index contributed by atoms with van der Waals surface area (Å²) < 4.78 is 5.23. The highest BCUT2D eigenvalue weighted by Gasteiger charge is 2.28. The largest absolute Gasteiger partial charge is 0.497 e. The number of carbonyl (C=O) groups is 1. The number of H-pyrrole nitrogens is 1. The number of aryl methyl sites for hydroxylation is 1. The summed E-state index contributed by atoms with van der Waals surface area (Å²) in [5, 5.41) is 10.8. The van der Waals surface area contributed by atoms with Crippen molar-refractivity contribution in [2.45, 2.75) is 33.1 Å². The van der Waals surface area contributed by atoms with Crippen LogP contribution >= 0.6 is 0 Å². The lowest BCUT2D eigenvalue weighted by atomic mass is 9.85. The number of fused-ring (bicyclic) bond motifs is 1. The Hall–Kier alpha value is -2.34. The molecule has 1 aromatic carbocycles. The van der Waals surface area contributed by atoms with Crippen molar-refractivity contribution in [3.05, 3.63) is 35.5 Å². The number of nitrogens with one attached hydrogen (secondary N) is 2. The molecule has 1 heterocycles. The molecule has 0 saturated carbocycles. The van der Waals surface area contributed by atoms with Crippen molar-refractivity contribution in [2.24, 2.45) is 5.92 Å². The van der Waals surface area contributed by atoms with Crippen LogP contribution in [0.3, 0.4) is 0 Å². The molecule has 0 saturated heterocycles. The van der Waals surface area contributed by atoms with E-state index in [0.29, 0.717) is 6.54 Å². The lowest BCUT2D eigenvalue weighted by Gasteiger charge is -2.23. The Morgan fingerprint density at radius 3 is 2.70 bits per heavy atom. The lowest BCUT2D eigenvalue weighted by molar-refractivity contribution is -0.125. The topological polar surface area (TPSA) is 70.2 Å². The molecule has 146 valence electrons. The molecule has 0 aliphatic heterocycles. The molecule has 1 aromatic heterocycles. The number of amides is 1. The maximum atomic E-state index is 12.6. The summed E-state index contributed by atoms with van der Waals surface area (Å²) >= 11 is 0. The highest BCUT2D eigenvalue weighted by molar-refractivity contribution is 5.80. The van der Waals surface area contributed by atoms with E-state index in [9.17, 15) is 4.79 Å². The Morgan fingerprint density at radius 2 is 2.04 bits per heavy atom. The zero-order valence-electron chi connectivity index (χ0n) is 16.5. The number of aromatic nitrogens is 2. The lowest BCUT2D eigenvalue weighted by Crippen LogP contribution is -2.39. The monoisotopic (exact) mass is 370 g/mol. The van der Waals surface area contributed by atoms with Gasteiger partial charge in [0, 0.05) is 35.8 Å². The van der Waals surface area contributed by atoms with Crippen molar-refractivity contribution in [1.29, 1.82) is 0 Å². The Morgan fingerprint density at radius 1 is 1.30 bits per heavy atom. The summed E-state index contributed by atoms with van der Waals surface area (Å²) in [6, 6.07) is 7.92. The van der Waals surface area contributed by atoms with Gasteiger partial charge in [-0.15, -0.1) is 0 Å². The summed E-state index contributed by atoms with van der Waals surface area (Å²) in [5.41, 5.74) is 4.34. The first kappa shape index (κ1) is 19.4. The maximum absolute atomic E-state index is 12.6. The van der Waals surface area contributed by atoms with Crippen LogP contribution in [-0.2, 0) is 17.6 Å². The van der Waals surface area contributed by atoms with Crippen LogP contribution in [0.25, 0.3) is 11.3 Å². The fourth-order valence-corrected chi connectivity index (χ4v) is 3.73. The van der Waals surface area contributed by atoms with Gasteiger partial charge in [-0.25, -0.2) is 0 Å². The summed E-state index contributed by atoms with van der Waals surface area (Å²) in [6.45, 7) is 7.93. The standard InChI is InChI=1S/C21H30N4O2/c1-4-25(5-2)13-12-22-21(26)16-8-11-19-18(14-16)20(24-23-19)15-6-9-17(27-3)10-7-15/h6-7,9-10,16H,4-5,8,11-14H2,1-3H3,(H,22,26)(H,23,24). The number of carbonyl (C=O) groups excluding carboxylic acids is 1. The molecule has 6 heteroatoms. The number of likely N-dealkylation sites (N-methyl/N-ethyl adjacent to an activating group) is 1. The minimum Gasteiger partial charge on any atom is -0.497 e. The first-order chi connectivity index (χ1) is 13.2. The molecule has 1 aliphatic rings. The van der Waals surface area contributed by atoms with Crippen LogP contribution in [0.5, 0.6) is 5.75 Å². The summed E-state index contributed by atoms with van der Waals surface area (Å²) in [4.78, 5) is 15.0. The molecule has 1 atom stereocenters. The quantitative estimate of drug-likeness (QED) is 0.749.